The van der Waals surface area contributed by atoms with Crippen molar-refractivity contribution < 1.29 is 28.3 Å². The molecule has 0 saturated carbocycles. The molecule has 6 N–H and O–H groups in total. The van der Waals surface area contributed by atoms with Crippen molar-refractivity contribution in [3.8, 4) is 23.1 Å². The molecule has 0 atom stereocenters. The van der Waals surface area contributed by atoms with E-state index in [9.17, 15) is 14.4 Å². The highest BCUT2D eigenvalue weighted by atomic mass is 16.5. The molecule has 1 aliphatic rings. The molecule has 8 rings (SSSR count). The summed E-state index contributed by atoms with van der Waals surface area (Å²) in [6.07, 6.45) is 6.90. The molecular formula is C41H45N13O6. The number of amides is 3. The topological polar surface area (TPSA) is 251 Å². The second-order valence-electron chi connectivity index (χ2n) is 14.5. The molecule has 1 fully saturated rings. The summed E-state index contributed by atoms with van der Waals surface area (Å²) in [5.74, 6) is 1.66. The first-order chi connectivity index (χ1) is 29.0. The number of imidazole rings is 1. The molecule has 0 unspecified atom stereocenters. The Morgan fingerprint density at radius 1 is 0.933 bits per heavy atom. The minimum atomic E-state index is -0.658. The number of oxazole rings is 1. The normalized spacial score (nSPS) is 13.2. The van der Waals surface area contributed by atoms with Crippen LogP contribution in [0.3, 0.4) is 0 Å². The number of benzene rings is 2. The third kappa shape index (κ3) is 7.38. The number of hydrogen-bond acceptors (Lipinski definition) is 13. The molecule has 2 aromatic carbocycles. The molecule has 0 aliphatic carbocycles. The fourth-order valence-electron chi connectivity index (χ4n) is 7.44. The van der Waals surface area contributed by atoms with Crippen LogP contribution in [0.2, 0.25) is 0 Å². The number of aryl methyl sites for hydroxylation is 4. The lowest BCUT2D eigenvalue weighted by Gasteiger charge is -2.26. The molecule has 7 aromatic rings. The highest BCUT2D eigenvalue weighted by Crippen LogP contribution is 2.37. The summed E-state index contributed by atoms with van der Waals surface area (Å²) in [6, 6.07) is 6.50. The zero-order valence-electron chi connectivity index (χ0n) is 33.9. The maximum atomic E-state index is 13.6. The number of methoxy groups -OCH3 is 1. The Kier molecular flexibility index (Phi) is 10.7. The highest BCUT2D eigenvalue weighted by molar-refractivity contribution is 6.12. The van der Waals surface area contributed by atoms with E-state index >= 15 is 0 Å². The number of fused-ring (bicyclic) bond motifs is 4. The number of carbonyl (C=O) groups excluding carboxylic acids is 3. The van der Waals surface area contributed by atoms with E-state index in [0.29, 0.717) is 111 Å². The minimum absolute atomic E-state index is 0.0795. The number of nitrogens with two attached hydrogens (primary N) is 2. The van der Waals surface area contributed by atoms with Crippen LogP contribution in [0.25, 0.3) is 44.6 Å². The standard InChI is InChI=1S/C41H45N13O6/c1-6-28-34(60-22(4)47-28)40(57)50-41-48-29-15-25(36(43)56)16-30(58-5)33(29)53(41)12-9-8-11-52-32-26(14-24(35(42)55)17-31(32)59-13-10-23-18-44-19-23)27-20-45-37(49-38(27)52)39-46-21(3)51-54(39)7-2/h8-9,14-17,20,23,44H,6-7,10-13,18-19H2,1-5H3,(H2,42,55)(H2,43,56)(H,48,50,57)/b9-8+. The van der Waals surface area contributed by atoms with E-state index in [0.717, 1.165) is 19.5 Å². The van der Waals surface area contributed by atoms with Gasteiger partial charge in [-0.25, -0.2) is 29.6 Å². The average Bonchev–Trinajstić information content (AvgIpc) is 3.97. The van der Waals surface area contributed by atoms with Crippen LogP contribution in [0.5, 0.6) is 11.5 Å². The molecule has 0 spiro atoms. The maximum Gasteiger partial charge on any atom is 0.295 e. The Morgan fingerprint density at radius 2 is 1.67 bits per heavy atom. The van der Waals surface area contributed by atoms with Crippen molar-refractivity contribution >= 4 is 56.6 Å². The second kappa shape index (κ2) is 16.2. The largest absolute Gasteiger partial charge is 0.494 e. The molecule has 310 valence electrons. The summed E-state index contributed by atoms with van der Waals surface area (Å²) in [7, 11) is 1.48. The van der Waals surface area contributed by atoms with Crippen LogP contribution in [-0.4, -0.2) is 88.4 Å². The number of rotatable bonds is 16. The Morgan fingerprint density at radius 3 is 2.35 bits per heavy atom. The lowest BCUT2D eigenvalue weighted by atomic mass is 10.0. The van der Waals surface area contributed by atoms with Gasteiger partial charge in [0.05, 0.1) is 30.4 Å². The van der Waals surface area contributed by atoms with Gasteiger partial charge < -0.3 is 39.8 Å². The monoisotopic (exact) mass is 815 g/mol. The van der Waals surface area contributed by atoms with Gasteiger partial charge in [-0.2, -0.15) is 5.10 Å². The second-order valence-corrected chi connectivity index (χ2v) is 14.5. The fourth-order valence-corrected chi connectivity index (χ4v) is 7.44. The van der Waals surface area contributed by atoms with Crippen molar-refractivity contribution in [2.75, 3.05) is 32.1 Å². The molecular weight excluding hydrogens is 771 g/mol. The summed E-state index contributed by atoms with van der Waals surface area (Å²) >= 11 is 0. The third-order valence-corrected chi connectivity index (χ3v) is 10.5. The third-order valence-electron chi connectivity index (χ3n) is 10.5. The summed E-state index contributed by atoms with van der Waals surface area (Å²) in [4.78, 5) is 61.9. The van der Waals surface area contributed by atoms with Crippen molar-refractivity contribution in [2.24, 2.45) is 17.4 Å². The van der Waals surface area contributed by atoms with E-state index in [4.69, 9.17) is 40.3 Å². The van der Waals surface area contributed by atoms with E-state index in [1.165, 1.54) is 13.2 Å². The van der Waals surface area contributed by atoms with E-state index < -0.39 is 17.7 Å². The number of allylic oxidation sites excluding steroid dienone is 2. The van der Waals surface area contributed by atoms with Crippen molar-refractivity contribution in [1.29, 1.82) is 0 Å². The number of carbonyl (C=O) groups is 3. The van der Waals surface area contributed by atoms with E-state index in [-0.39, 0.29) is 23.8 Å². The number of primary amides is 2. The quantitative estimate of drug-likeness (QED) is 0.101. The summed E-state index contributed by atoms with van der Waals surface area (Å²) < 4.78 is 23.3. The number of hydrogen-bond donors (Lipinski definition) is 4. The number of nitrogens with one attached hydrogen (secondary N) is 2. The molecule has 6 heterocycles. The van der Waals surface area contributed by atoms with Gasteiger partial charge >= 0.3 is 0 Å². The molecule has 19 heteroatoms. The molecule has 0 bridgehead atoms. The highest BCUT2D eigenvalue weighted by Gasteiger charge is 2.25. The van der Waals surface area contributed by atoms with Gasteiger partial charge in [0.1, 0.15) is 28.5 Å². The molecule has 5 aromatic heterocycles. The maximum absolute atomic E-state index is 13.6. The van der Waals surface area contributed by atoms with E-state index in [2.05, 4.69) is 25.7 Å². The molecule has 0 radical (unpaired) electrons. The summed E-state index contributed by atoms with van der Waals surface area (Å²) in [5.41, 5.74) is 14.7. The first-order valence-corrected chi connectivity index (χ1v) is 19.7. The van der Waals surface area contributed by atoms with Gasteiger partial charge in [-0.3, -0.25) is 19.7 Å². The number of anilines is 1. The van der Waals surface area contributed by atoms with Crippen LogP contribution < -0.4 is 31.6 Å². The Bertz CT molecular complexity index is 2840. The Balaban J connectivity index is 1.22. The van der Waals surface area contributed by atoms with Crippen molar-refractivity contribution in [1.82, 2.24) is 49.2 Å². The SMILES string of the molecule is CCc1nc(C)oc1C(=O)Nc1nc2cc(C(N)=O)cc(OC)c2n1C/C=C/Cn1c2nc(-c3nc(C)nn3CC)ncc2c2cc(C(N)=O)cc(OCCC3CNC3)c21. The van der Waals surface area contributed by atoms with Crippen LogP contribution in [0.4, 0.5) is 5.95 Å². The number of aromatic nitrogens is 9. The lowest BCUT2D eigenvalue weighted by molar-refractivity contribution is 0.0987. The van der Waals surface area contributed by atoms with Gasteiger partial charge in [-0.05, 0) is 70.0 Å². The predicted molar refractivity (Wildman–Crippen MR) is 222 cm³/mol. The van der Waals surface area contributed by atoms with Crippen molar-refractivity contribution in [3.63, 3.8) is 0 Å². The van der Waals surface area contributed by atoms with Crippen LogP contribution in [-0.2, 0) is 26.1 Å². The zero-order valence-corrected chi connectivity index (χ0v) is 33.9. The van der Waals surface area contributed by atoms with E-state index in [1.54, 1.807) is 40.6 Å². The Hall–Kier alpha value is -7.15. The van der Waals surface area contributed by atoms with Gasteiger partial charge in [0, 0.05) is 54.7 Å². The van der Waals surface area contributed by atoms with Gasteiger partial charge in [-0.15, -0.1) is 0 Å². The molecule has 60 heavy (non-hydrogen) atoms. The number of nitrogens with zero attached hydrogens (tertiary/aromatic N) is 9. The summed E-state index contributed by atoms with van der Waals surface area (Å²) in [6.45, 7) is 10.7. The van der Waals surface area contributed by atoms with Crippen LogP contribution in [0, 0.1) is 19.8 Å². The smallest absolute Gasteiger partial charge is 0.295 e. The van der Waals surface area contributed by atoms with E-state index in [1.807, 2.05) is 37.5 Å². The van der Waals surface area contributed by atoms with Crippen molar-refractivity contribution in [3.05, 3.63) is 76.9 Å². The average molecular weight is 816 g/mol. The molecule has 3 amide bonds. The summed E-state index contributed by atoms with van der Waals surface area (Å²) in [5, 5.41) is 12.1. The molecule has 1 aliphatic heterocycles. The fraction of sp³-hybridized carbons (Fsp3) is 0.341. The van der Waals surface area contributed by atoms with Gasteiger partial charge in [0.2, 0.25) is 23.5 Å². The van der Waals surface area contributed by atoms with Crippen LogP contribution in [0.15, 0.2) is 47.0 Å². The van der Waals surface area contributed by atoms with Gasteiger partial charge in [-0.1, -0.05) is 19.1 Å². The zero-order chi connectivity index (χ0) is 42.2. The lowest BCUT2D eigenvalue weighted by Crippen LogP contribution is -2.42. The first kappa shape index (κ1) is 39.7. The Labute approximate surface area is 343 Å². The van der Waals surface area contributed by atoms with Crippen LogP contribution in [0.1, 0.15) is 68.9 Å². The van der Waals surface area contributed by atoms with Gasteiger partial charge in [0.15, 0.2) is 17.5 Å². The number of ether oxygens (including phenoxy) is 2. The van der Waals surface area contributed by atoms with Crippen molar-refractivity contribution in [2.45, 2.75) is 60.2 Å². The van der Waals surface area contributed by atoms with Gasteiger partial charge in [0.25, 0.3) is 5.91 Å². The van der Waals surface area contributed by atoms with Crippen LogP contribution >= 0.6 is 0 Å². The predicted octanol–water partition coefficient (Wildman–Crippen LogP) is 4.08. The minimum Gasteiger partial charge on any atom is -0.494 e. The first-order valence-electron chi connectivity index (χ1n) is 19.7. The molecule has 1 saturated heterocycles. The molecule has 19 nitrogen and oxygen atoms in total.